The third kappa shape index (κ3) is 2.94. The van der Waals surface area contributed by atoms with Crippen LogP contribution in [0.4, 0.5) is 0 Å². The van der Waals surface area contributed by atoms with E-state index in [1.165, 1.54) is 0 Å². The second-order valence-electron chi connectivity index (χ2n) is 4.49. The second kappa shape index (κ2) is 6.14. The highest BCUT2D eigenvalue weighted by atomic mass is 35.5. The Kier molecular flexibility index (Phi) is 4.52. The summed E-state index contributed by atoms with van der Waals surface area (Å²) in [7, 11) is 0. The number of nitrogens with two attached hydrogens (primary N) is 1. The van der Waals surface area contributed by atoms with Crippen LogP contribution in [0, 0.1) is 6.92 Å². The molecule has 1 unspecified atom stereocenters. The summed E-state index contributed by atoms with van der Waals surface area (Å²) < 4.78 is 1.87. The van der Waals surface area contributed by atoms with E-state index in [4.69, 9.17) is 17.4 Å². The summed E-state index contributed by atoms with van der Waals surface area (Å²) in [6.07, 6.45) is 2.73. The molecule has 1 aromatic heterocycles. The summed E-state index contributed by atoms with van der Waals surface area (Å²) in [6.45, 7) is 4.89. The molecule has 1 heterocycles. The smallest absolute Gasteiger partial charge is 0.0894 e. The minimum atomic E-state index is -0.141. The summed E-state index contributed by atoms with van der Waals surface area (Å²) in [5, 5.41) is 8.80. The molecule has 5 nitrogen and oxygen atoms in total. The monoisotopic (exact) mass is 279 g/mol. The number of hydrogen-bond acceptors (Lipinski definition) is 4. The Morgan fingerprint density at radius 2 is 2.26 bits per heavy atom. The number of nitrogens with zero attached hydrogens (tertiary/aromatic N) is 3. The number of aromatic nitrogens is 3. The maximum absolute atomic E-state index is 6.05. The van der Waals surface area contributed by atoms with E-state index in [0.29, 0.717) is 0 Å². The first-order valence-electron chi connectivity index (χ1n) is 6.28. The van der Waals surface area contributed by atoms with E-state index in [0.717, 1.165) is 34.8 Å². The van der Waals surface area contributed by atoms with E-state index in [1.807, 2.05) is 29.8 Å². The first-order valence-corrected chi connectivity index (χ1v) is 6.65. The van der Waals surface area contributed by atoms with Gasteiger partial charge in [0, 0.05) is 11.6 Å². The molecular formula is C13H18ClN5. The van der Waals surface area contributed by atoms with Crippen molar-refractivity contribution in [3.63, 3.8) is 0 Å². The minimum absolute atomic E-state index is 0.141. The summed E-state index contributed by atoms with van der Waals surface area (Å²) in [6, 6.07) is 5.72. The van der Waals surface area contributed by atoms with Gasteiger partial charge in [-0.05, 0) is 30.5 Å². The molecule has 19 heavy (non-hydrogen) atoms. The van der Waals surface area contributed by atoms with Crippen LogP contribution in [-0.4, -0.2) is 15.0 Å². The van der Waals surface area contributed by atoms with Gasteiger partial charge < -0.3 is 0 Å². The van der Waals surface area contributed by atoms with Crippen molar-refractivity contribution in [3.8, 4) is 0 Å². The van der Waals surface area contributed by atoms with Crippen LogP contribution >= 0.6 is 11.6 Å². The summed E-state index contributed by atoms with van der Waals surface area (Å²) >= 11 is 6.05. The molecule has 0 aliphatic heterocycles. The van der Waals surface area contributed by atoms with Gasteiger partial charge in [0.05, 0.1) is 17.9 Å². The lowest BCUT2D eigenvalue weighted by Crippen LogP contribution is -2.30. The molecule has 2 aromatic rings. The van der Waals surface area contributed by atoms with E-state index in [1.54, 1.807) is 6.20 Å². The number of hydrazine groups is 1. The molecule has 0 bridgehead atoms. The molecule has 0 amide bonds. The normalized spacial score (nSPS) is 12.6. The van der Waals surface area contributed by atoms with Crippen LogP contribution in [0.1, 0.15) is 36.2 Å². The predicted molar refractivity (Wildman–Crippen MR) is 75.7 cm³/mol. The van der Waals surface area contributed by atoms with E-state index in [-0.39, 0.29) is 6.04 Å². The van der Waals surface area contributed by atoms with Crippen molar-refractivity contribution in [2.24, 2.45) is 5.84 Å². The number of benzene rings is 1. The van der Waals surface area contributed by atoms with Gasteiger partial charge in [0.2, 0.25) is 0 Å². The van der Waals surface area contributed by atoms with Gasteiger partial charge in [-0.2, -0.15) is 0 Å². The lowest BCUT2D eigenvalue weighted by molar-refractivity contribution is 0.512. The zero-order chi connectivity index (χ0) is 13.8. The standard InChI is InChI=1S/C13H18ClN5/c1-3-6-19-12(8-16-18-19)13(17-15)10-4-5-11(14)9(2)7-10/h4-5,7-8,13,17H,3,6,15H2,1-2H3. The van der Waals surface area contributed by atoms with Gasteiger partial charge in [0.1, 0.15) is 0 Å². The Bertz CT molecular complexity index is 552. The van der Waals surface area contributed by atoms with Crippen LogP contribution in [0.15, 0.2) is 24.4 Å². The first kappa shape index (κ1) is 14.0. The lowest BCUT2D eigenvalue weighted by Gasteiger charge is -2.18. The number of halogens is 1. The van der Waals surface area contributed by atoms with E-state index in [2.05, 4.69) is 22.7 Å². The maximum atomic E-state index is 6.05. The molecule has 0 radical (unpaired) electrons. The molecule has 0 spiro atoms. The van der Waals surface area contributed by atoms with Crippen molar-refractivity contribution in [2.45, 2.75) is 32.9 Å². The fourth-order valence-corrected chi connectivity index (χ4v) is 2.19. The molecule has 2 rings (SSSR count). The zero-order valence-corrected chi connectivity index (χ0v) is 11.9. The maximum Gasteiger partial charge on any atom is 0.0894 e. The van der Waals surface area contributed by atoms with Crippen molar-refractivity contribution in [2.75, 3.05) is 0 Å². The Morgan fingerprint density at radius 1 is 1.47 bits per heavy atom. The topological polar surface area (TPSA) is 68.8 Å². The Morgan fingerprint density at radius 3 is 2.89 bits per heavy atom. The highest BCUT2D eigenvalue weighted by Crippen LogP contribution is 2.24. The van der Waals surface area contributed by atoms with E-state index < -0.39 is 0 Å². The second-order valence-corrected chi connectivity index (χ2v) is 4.90. The van der Waals surface area contributed by atoms with Gasteiger partial charge in [-0.25, -0.2) is 10.1 Å². The predicted octanol–water partition coefficient (Wildman–Crippen LogP) is 2.20. The van der Waals surface area contributed by atoms with Gasteiger partial charge >= 0.3 is 0 Å². The average Bonchev–Trinajstić information content (AvgIpc) is 2.83. The van der Waals surface area contributed by atoms with Crippen molar-refractivity contribution in [1.29, 1.82) is 0 Å². The number of hydrogen-bond donors (Lipinski definition) is 2. The first-order chi connectivity index (χ1) is 9.17. The van der Waals surface area contributed by atoms with Gasteiger partial charge in [-0.1, -0.05) is 35.9 Å². The summed E-state index contributed by atoms with van der Waals surface area (Å²) in [4.78, 5) is 0. The summed E-state index contributed by atoms with van der Waals surface area (Å²) in [5.41, 5.74) is 5.84. The van der Waals surface area contributed by atoms with Crippen LogP contribution in [0.3, 0.4) is 0 Å². The lowest BCUT2D eigenvalue weighted by atomic mass is 10.0. The Hall–Kier alpha value is -1.43. The molecule has 0 saturated carbocycles. The molecule has 3 N–H and O–H groups in total. The van der Waals surface area contributed by atoms with Gasteiger partial charge in [0.15, 0.2) is 0 Å². The Balaban J connectivity index is 2.38. The largest absolute Gasteiger partial charge is 0.271 e. The van der Waals surface area contributed by atoms with Crippen LogP contribution in [0.5, 0.6) is 0 Å². The molecule has 0 aliphatic carbocycles. The van der Waals surface area contributed by atoms with Crippen LogP contribution in [0.2, 0.25) is 5.02 Å². The van der Waals surface area contributed by atoms with Crippen molar-refractivity contribution >= 4 is 11.6 Å². The molecule has 6 heteroatoms. The number of nitrogens with one attached hydrogen (secondary N) is 1. The fourth-order valence-electron chi connectivity index (χ4n) is 2.07. The quantitative estimate of drug-likeness (QED) is 0.650. The van der Waals surface area contributed by atoms with Crippen molar-refractivity contribution in [3.05, 3.63) is 46.2 Å². The van der Waals surface area contributed by atoms with Gasteiger partial charge in [-0.15, -0.1) is 5.10 Å². The van der Waals surface area contributed by atoms with E-state index >= 15 is 0 Å². The van der Waals surface area contributed by atoms with Crippen LogP contribution < -0.4 is 11.3 Å². The SMILES string of the molecule is CCCn1nncc1C(NN)c1ccc(Cl)c(C)c1. The molecular weight excluding hydrogens is 262 g/mol. The molecule has 102 valence electrons. The van der Waals surface area contributed by atoms with Gasteiger partial charge in [-0.3, -0.25) is 5.84 Å². The molecule has 0 fully saturated rings. The Labute approximate surface area is 117 Å². The highest BCUT2D eigenvalue weighted by molar-refractivity contribution is 6.31. The average molecular weight is 280 g/mol. The van der Waals surface area contributed by atoms with E-state index in [9.17, 15) is 0 Å². The van der Waals surface area contributed by atoms with Crippen LogP contribution in [-0.2, 0) is 6.54 Å². The zero-order valence-electron chi connectivity index (χ0n) is 11.1. The third-order valence-electron chi connectivity index (χ3n) is 3.06. The fraction of sp³-hybridized carbons (Fsp3) is 0.385. The van der Waals surface area contributed by atoms with Crippen LogP contribution in [0.25, 0.3) is 0 Å². The third-order valence-corrected chi connectivity index (χ3v) is 3.48. The minimum Gasteiger partial charge on any atom is -0.271 e. The van der Waals surface area contributed by atoms with Crippen molar-refractivity contribution < 1.29 is 0 Å². The summed E-state index contributed by atoms with van der Waals surface area (Å²) in [5.74, 6) is 5.70. The molecule has 0 saturated heterocycles. The number of aryl methyl sites for hydroxylation is 2. The van der Waals surface area contributed by atoms with Gasteiger partial charge in [0.25, 0.3) is 0 Å². The molecule has 1 aromatic carbocycles. The molecule has 1 atom stereocenters. The molecule has 0 aliphatic rings. The van der Waals surface area contributed by atoms with Crippen molar-refractivity contribution in [1.82, 2.24) is 20.4 Å². The number of rotatable bonds is 5. The highest BCUT2D eigenvalue weighted by Gasteiger charge is 2.18.